The highest BCUT2D eigenvalue weighted by Crippen LogP contribution is 2.22. The minimum Gasteiger partial charge on any atom is -0.483 e. The normalized spacial score (nSPS) is 13.1. The summed E-state index contributed by atoms with van der Waals surface area (Å²) in [7, 11) is 0. The zero-order chi connectivity index (χ0) is 11.5. The van der Waals surface area contributed by atoms with Gasteiger partial charge in [-0.25, -0.2) is 0 Å². The van der Waals surface area contributed by atoms with Crippen LogP contribution in [0.15, 0.2) is 40.1 Å². The fraction of sp³-hybridized carbons (Fsp3) is 0.182. The van der Waals surface area contributed by atoms with Gasteiger partial charge >= 0.3 is 0 Å². The Hall–Kier alpha value is -1.88. The number of furan rings is 1. The molecule has 6 heteroatoms. The van der Waals surface area contributed by atoms with E-state index in [9.17, 15) is 0 Å². The van der Waals surface area contributed by atoms with Gasteiger partial charge in [-0.05, 0) is 25.1 Å². The number of nitrogens with zero attached hydrogens (tertiary/aromatic N) is 1. The Morgan fingerprint density at radius 1 is 1.47 bits per heavy atom. The second kappa shape index (κ2) is 5.45. The van der Waals surface area contributed by atoms with Gasteiger partial charge in [-0.15, -0.1) is 12.4 Å². The van der Waals surface area contributed by atoms with Crippen LogP contribution < -0.4 is 10.5 Å². The van der Waals surface area contributed by atoms with Crippen LogP contribution >= 0.6 is 12.4 Å². The van der Waals surface area contributed by atoms with Gasteiger partial charge in [0.15, 0.2) is 11.9 Å². The number of hydrogen-bond acceptors (Lipinski definition) is 4. The van der Waals surface area contributed by atoms with Gasteiger partial charge in [0.05, 0.1) is 6.26 Å². The summed E-state index contributed by atoms with van der Waals surface area (Å²) in [6.45, 7) is 1.70. The molecule has 1 aromatic carbocycles. The lowest BCUT2D eigenvalue weighted by Gasteiger charge is -2.12. The minimum atomic E-state index is -0.489. The second-order valence-corrected chi connectivity index (χ2v) is 3.41. The van der Waals surface area contributed by atoms with Gasteiger partial charge in [0.25, 0.3) is 0 Å². The number of ether oxygens (including phenoxy) is 1. The summed E-state index contributed by atoms with van der Waals surface area (Å²) in [6, 6.07) is 7.31. The highest BCUT2D eigenvalue weighted by atomic mass is 35.5. The van der Waals surface area contributed by atoms with Gasteiger partial charge in [0.1, 0.15) is 11.3 Å². The first-order valence-corrected chi connectivity index (χ1v) is 4.82. The van der Waals surface area contributed by atoms with Crippen molar-refractivity contribution in [3.63, 3.8) is 0 Å². The molecule has 0 radical (unpaired) electrons. The summed E-state index contributed by atoms with van der Waals surface area (Å²) in [5.74, 6) is 0.640. The van der Waals surface area contributed by atoms with E-state index in [-0.39, 0.29) is 18.2 Å². The smallest absolute Gasteiger partial charge is 0.180 e. The molecule has 1 atom stereocenters. The van der Waals surface area contributed by atoms with Gasteiger partial charge in [0, 0.05) is 11.5 Å². The molecule has 0 fully saturated rings. The third-order valence-corrected chi connectivity index (χ3v) is 2.27. The third-order valence-electron chi connectivity index (χ3n) is 2.27. The molecule has 5 nitrogen and oxygen atoms in total. The number of fused-ring (bicyclic) bond motifs is 1. The molecule has 0 aliphatic heterocycles. The van der Waals surface area contributed by atoms with Crippen LogP contribution in [0, 0.1) is 0 Å². The molecule has 0 saturated carbocycles. The van der Waals surface area contributed by atoms with E-state index in [1.54, 1.807) is 25.3 Å². The van der Waals surface area contributed by atoms with Gasteiger partial charge in [-0.3, -0.25) is 0 Å². The lowest BCUT2D eigenvalue weighted by Crippen LogP contribution is -2.31. The molecule has 1 heterocycles. The topological polar surface area (TPSA) is 81.0 Å². The maximum Gasteiger partial charge on any atom is 0.180 e. The number of amidine groups is 1. The Balaban J connectivity index is 0.00000144. The quantitative estimate of drug-likeness (QED) is 0.382. The van der Waals surface area contributed by atoms with Crippen LogP contribution in [0.4, 0.5) is 0 Å². The maximum atomic E-state index is 8.49. The highest BCUT2D eigenvalue weighted by molar-refractivity contribution is 5.85. The van der Waals surface area contributed by atoms with Crippen LogP contribution in [-0.4, -0.2) is 17.1 Å². The molecular formula is C11H13ClN2O3. The number of oxime groups is 1. The molecule has 0 aliphatic carbocycles. The summed E-state index contributed by atoms with van der Waals surface area (Å²) >= 11 is 0. The molecule has 0 amide bonds. The Morgan fingerprint density at radius 2 is 2.24 bits per heavy atom. The van der Waals surface area contributed by atoms with Crippen LogP contribution in [0.5, 0.6) is 5.75 Å². The average Bonchev–Trinajstić information content (AvgIpc) is 2.75. The molecule has 0 aliphatic rings. The first kappa shape index (κ1) is 13.2. The van der Waals surface area contributed by atoms with Crippen molar-refractivity contribution in [2.45, 2.75) is 13.0 Å². The molecule has 0 bridgehead atoms. The van der Waals surface area contributed by atoms with E-state index < -0.39 is 6.10 Å². The van der Waals surface area contributed by atoms with E-state index in [1.165, 1.54) is 0 Å². The number of hydrogen-bond donors (Lipinski definition) is 2. The molecule has 0 saturated heterocycles. The number of rotatable bonds is 3. The zero-order valence-electron chi connectivity index (χ0n) is 9.16. The number of halogens is 1. The fourth-order valence-electron chi connectivity index (χ4n) is 1.35. The molecule has 92 valence electrons. The van der Waals surface area contributed by atoms with Crippen molar-refractivity contribution in [3.05, 3.63) is 30.5 Å². The summed E-state index contributed by atoms with van der Waals surface area (Å²) in [5.41, 5.74) is 6.15. The van der Waals surface area contributed by atoms with Crippen LogP contribution in [0.2, 0.25) is 0 Å². The zero-order valence-corrected chi connectivity index (χ0v) is 9.98. The third kappa shape index (κ3) is 2.82. The first-order chi connectivity index (χ1) is 7.70. The van der Waals surface area contributed by atoms with E-state index in [0.717, 1.165) is 11.0 Å². The molecule has 2 rings (SSSR count). The van der Waals surface area contributed by atoms with Gasteiger partial charge in [-0.1, -0.05) is 5.16 Å². The van der Waals surface area contributed by atoms with Crippen molar-refractivity contribution in [2.24, 2.45) is 10.9 Å². The molecular weight excluding hydrogens is 244 g/mol. The first-order valence-electron chi connectivity index (χ1n) is 4.82. The Morgan fingerprint density at radius 3 is 2.94 bits per heavy atom. The SMILES string of the molecule is CC(Oc1ccc2ccoc2c1)C(N)=NO.Cl. The Kier molecular flexibility index (Phi) is 4.23. The fourth-order valence-corrected chi connectivity index (χ4v) is 1.35. The van der Waals surface area contributed by atoms with E-state index in [2.05, 4.69) is 5.16 Å². The molecule has 1 aromatic heterocycles. The monoisotopic (exact) mass is 256 g/mol. The van der Waals surface area contributed by atoms with E-state index in [1.807, 2.05) is 12.1 Å². The average molecular weight is 257 g/mol. The van der Waals surface area contributed by atoms with Crippen LogP contribution in [0.3, 0.4) is 0 Å². The van der Waals surface area contributed by atoms with Crippen LogP contribution in [0.25, 0.3) is 11.0 Å². The van der Waals surface area contributed by atoms with E-state index in [0.29, 0.717) is 5.75 Å². The van der Waals surface area contributed by atoms with E-state index >= 15 is 0 Å². The van der Waals surface area contributed by atoms with Gasteiger partial charge < -0.3 is 20.1 Å². The molecule has 0 spiro atoms. The molecule has 2 aromatic rings. The largest absolute Gasteiger partial charge is 0.483 e. The lowest BCUT2D eigenvalue weighted by molar-refractivity contribution is 0.265. The van der Waals surface area contributed by atoms with Crippen molar-refractivity contribution in [1.29, 1.82) is 0 Å². The van der Waals surface area contributed by atoms with Crippen molar-refractivity contribution >= 4 is 29.2 Å². The van der Waals surface area contributed by atoms with E-state index in [4.69, 9.17) is 20.1 Å². The molecule has 1 unspecified atom stereocenters. The minimum absolute atomic E-state index is 0. The number of nitrogens with two attached hydrogens (primary N) is 1. The maximum absolute atomic E-state index is 8.49. The van der Waals surface area contributed by atoms with Crippen molar-refractivity contribution in [1.82, 2.24) is 0 Å². The van der Waals surface area contributed by atoms with Crippen molar-refractivity contribution in [2.75, 3.05) is 0 Å². The van der Waals surface area contributed by atoms with Gasteiger partial charge in [-0.2, -0.15) is 0 Å². The summed E-state index contributed by atoms with van der Waals surface area (Å²) in [5, 5.41) is 12.4. The van der Waals surface area contributed by atoms with Crippen LogP contribution in [0.1, 0.15) is 6.92 Å². The molecule has 3 N–H and O–H groups in total. The summed E-state index contributed by atoms with van der Waals surface area (Å²) in [6.07, 6.45) is 1.12. The van der Waals surface area contributed by atoms with Crippen molar-refractivity contribution in [3.8, 4) is 5.75 Å². The second-order valence-electron chi connectivity index (χ2n) is 3.41. The molecule has 17 heavy (non-hydrogen) atoms. The highest BCUT2D eigenvalue weighted by Gasteiger charge is 2.09. The summed E-state index contributed by atoms with van der Waals surface area (Å²) in [4.78, 5) is 0. The lowest BCUT2D eigenvalue weighted by atomic mass is 10.2. The number of benzene rings is 1. The van der Waals surface area contributed by atoms with Gasteiger partial charge in [0.2, 0.25) is 0 Å². The Bertz CT molecular complexity index is 524. The Labute approximate surface area is 104 Å². The summed E-state index contributed by atoms with van der Waals surface area (Å²) < 4.78 is 10.7. The predicted molar refractivity (Wildman–Crippen MR) is 67.0 cm³/mol. The predicted octanol–water partition coefficient (Wildman–Crippen LogP) is 2.37. The van der Waals surface area contributed by atoms with Crippen LogP contribution in [-0.2, 0) is 0 Å². The van der Waals surface area contributed by atoms with Crippen molar-refractivity contribution < 1.29 is 14.4 Å². The standard InChI is InChI=1S/C11H12N2O3.ClH/c1-7(11(12)13-14)16-9-3-2-8-4-5-15-10(8)6-9;/h2-7,14H,1H3,(H2,12,13);1H.